The highest BCUT2D eigenvalue weighted by Crippen LogP contribution is 2.37. The van der Waals surface area contributed by atoms with E-state index in [0.29, 0.717) is 18.4 Å². The molecule has 1 aliphatic heterocycles. The number of hydrogen-bond acceptors (Lipinski definition) is 2. The molecule has 2 unspecified atom stereocenters. The highest BCUT2D eigenvalue weighted by Gasteiger charge is 2.42. The number of carbonyl (C=O) groups excluding carboxylic acids is 2. The predicted molar refractivity (Wildman–Crippen MR) is 46.7 cm³/mol. The molecule has 0 spiro atoms. The lowest BCUT2D eigenvalue weighted by molar-refractivity contribution is -0.133. The molecule has 2 fully saturated rings. The van der Waals surface area contributed by atoms with Crippen LogP contribution in [0.1, 0.15) is 25.7 Å². The van der Waals surface area contributed by atoms with E-state index in [1.165, 1.54) is 6.42 Å². The maximum atomic E-state index is 11.4. The highest BCUT2D eigenvalue weighted by atomic mass is 16.2. The van der Waals surface area contributed by atoms with Crippen molar-refractivity contribution in [1.82, 2.24) is 4.90 Å². The number of primary amides is 1. The largest absolute Gasteiger partial charge is 0.368 e. The first-order valence-electron chi connectivity index (χ1n) is 4.76. The van der Waals surface area contributed by atoms with Crippen LogP contribution in [0.4, 0.5) is 0 Å². The van der Waals surface area contributed by atoms with Crippen molar-refractivity contribution in [2.75, 3.05) is 6.54 Å². The van der Waals surface area contributed by atoms with Crippen molar-refractivity contribution in [3.05, 3.63) is 0 Å². The maximum absolute atomic E-state index is 11.4. The third-order valence-corrected chi connectivity index (χ3v) is 3.10. The van der Waals surface area contributed by atoms with Gasteiger partial charge in [0.2, 0.25) is 11.8 Å². The lowest BCUT2D eigenvalue weighted by atomic mass is 10.0. The summed E-state index contributed by atoms with van der Waals surface area (Å²) in [7, 11) is 0. The van der Waals surface area contributed by atoms with Gasteiger partial charge in [-0.15, -0.1) is 0 Å². The summed E-state index contributed by atoms with van der Waals surface area (Å²) in [5.41, 5.74) is 5.08. The van der Waals surface area contributed by atoms with Gasteiger partial charge in [-0.1, -0.05) is 6.42 Å². The Labute approximate surface area is 77.1 Å². The number of hydrogen-bond donors (Lipinski definition) is 1. The number of rotatable bonds is 2. The van der Waals surface area contributed by atoms with E-state index in [4.69, 9.17) is 5.73 Å². The summed E-state index contributed by atoms with van der Waals surface area (Å²) < 4.78 is 0. The third kappa shape index (κ3) is 1.41. The van der Waals surface area contributed by atoms with Gasteiger partial charge in [0.15, 0.2) is 0 Å². The van der Waals surface area contributed by atoms with E-state index in [-0.39, 0.29) is 12.5 Å². The molecule has 1 saturated carbocycles. The number of amides is 2. The van der Waals surface area contributed by atoms with Crippen molar-refractivity contribution in [2.45, 2.75) is 31.7 Å². The summed E-state index contributed by atoms with van der Waals surface area (Å²) >= 11 is 0. The first kappa shape index (κ1) is 8.53. The normalized spacial score (nSPS) is 32.3. The molecule has 0 radical (unpaired) electrons. The number of carbonyl (C=O) groups is 2. The maximum Gasteiger partial charge on any atom is 0.237 e. The van der Waals surface area contributed by atoms with E-state index >= 15 is 0 Å². The van der Waals surface area contributed by atoms with Crippen LogP contribution in [-0.2, 0) is 9.59 Å². The van der Waals surface area contributed by atoms with Crippen LogP contribution in [0.15, 0.2) is 0 Å². The molecular formula is C9H14N2O2. The second-order valence-electron chi connectivity index (χ2n) is 3.95. The van der Waals surface area contributed by atoms with Crippen molar-refractivity contribution in [1.29, 1.82) is 0 Å². The molecule has 13 heavy (non-hydrogen) atoms. The molecule has 0 aromatic carbocycles. The van der Waals surface area contributed by atoms with Crippen molar-refractivity contribution in [3.63, 3.8) is 0 Å². The second kappa shape index (κ2) is 3.01. The van der Waals surface area contributed by atoms with E-state index < -0.39 is 5.91 Å². The second-order valence-corrected chi connectivity index (χ2v) is 3.95. The van der Waals surface area contributed by atoms with Crippen LogP contribution >= 0.6 is 0 Å². The summed E-state index contributed by atoms with van der Waals surface area (Å²) in [6, 6.07) is 0.306. The van der Waals surface area contributed by atoms with Crippen molar-refractivity contribution >= 4 is 11.8 Å². The summed E-state index contributed by atoms with van der Waals surface area (Å²) in [6.45, 7) is 0.111. The molecule has 1 saturated heterocycles. The number of fused-ring (bicyclic) bond motifs is 1. The topological polar surface area (TPSA) is 63.4 Å². The van der Waals surface area contributed by atoms with Crippen molar-refractivity contribution in [2.24, 2.45) is 11.7 Å². The van der Waals surface area contributed by atoms with Gasteiger partial charge in [0.25, 0.3) is 0 Å². The fourth-order valence-electron chi connectivity index (χ4n) is 2.57. The molecule has 2 N–H and O–H groups in total. The minimum absolute atomic E-state index is 0.105. The molecule has 2 atom stereocenters. The minimum atomic E-state index is -0.402. The lowest BCUT2D eigenvalue weighted by Gasteiger charge is -2.21. The molecule has 4 heteroatoms. The molecule has 0 bridgehead atoms. The zero-order valence-corrected chi connectivity index (χ0v) is 7.53. The highest BCUT2D eigenvalue weighted by molar-refractivity contribution is 5.85. The molecule has 1 aliphatic carbocycles. The molecule has 0 aromatic rings. The molecule has 2 rings (SSSR count). The van der Waals surface area contributed by atoms with Crippen molar-refractivity contribution in [3.8, 4) is 0 Å². The molecule has 2 amide bonds. The minimum Gasteiger partial charge on any atom is -0.368 e. The Kier molecular flexibility index (Phi) is 1.98. The van der Waals surface area contributed by atoms with Crippen LogP contribution < -0.4 is 5.73 Å². The van der Waals surface area contributed by atoms with Crippen LogP contribution in [0.25, 0.3) is 0 Å². The van der Waals surface area contributed by atoms with Crippen LogP contribution in [0.2, 0.25) is 0 Å². The van der Waals surface area contributed by atoms with Gasteiger partial charge in [0.05, 0.1) is 6.54 Å². The van der Waals surface area contributed by atoms with E-state index in [1.54, 1.807) is 4.90 Å². The van der Waals surface area contributed by atoms with E-state index in [0.717, 1.165) is 12.8 Å². The number of nitrogens with two attached hydrogens (primary N) is 1. The molecule has 1 heterocycles. The van der Waals surface area contributed by atoms with Gasteiger partial charge in [-0.3, -0.25) is 9.59 Å². The predicted octanol–water partition coefficient (Wildman–Crippen LogP) is -0.127. The van der Waals surface area contributed by atoms with Crippen LogP contribution in [0, 0.1) is 5.92 Å². The summed E-state index contributed by atoms with van der Waals surface area (Å²) in [5, 5.41) is 0. The fraction of sp³-hybridized carbons (Fsp3) is 0.778. The third-order valence-electron chi connectivity index (χ3n) is 3.10. The standard InChI is InChI=1S/C9H14N2O2/c10-8(12)5-11-7-3-1-2-6(7)4-9(11)13/h6-7H,1-5H2,(H2,10,12). The lowest BCUT2D eigenvalue weighted by Crippen LogP contribution is -2.40. The van der Waals surface area contributed by atoms with Gasteiger partial charge in [-0.2, -0.15) is 0 Å². The fourth-order valence-corrected chi connectivity index (χ4v) is 2.57. The van der Waals surface area contributed by atoms with Gasteiger partial charge < -0.3 is 10.6 Å². The first-order valence-corrected chi connectivity index (χ1v) is 4.76. The van der Waals surface area contributed by atoms with Gasteiger partial charge >= 0.3 is 0 Å². The summed E-state index contributed by atoms with van der Waals surface area (Å²) in [6.07, 6.45) is 3.98. The monoisotopic (exact) mass is 182 g/mol. The molecule has 72 valence electrons. The van der Waals surface area contributed by atoms with Gasteiger partial charge in [0.1, 0.15) is 0 Å². The molecule has 0 aromatic heterocycles. The Hall–Kier alpha value is -1.06. The van der Waals surface area contributed by atoms with Crippen LogP contribution in [0.5, 0.6) is 0 Å². The molecule has 4 nitrogen and oxygen atoms in total. The Morgan fingerprint density at radius 2 is 2.31 bits per heavy atom. The van der Waals surface area contributed by atoms with Crippen LogP contribution in [0.3, 0.4) is 0 Å². The summed E-state index contributed by atoms with van der Waals surface area (Å²) in [5.74, 6) is 0.196. The average molecular weight is 182 g/mol. The Balaban J connectivity index is 2.08. The number of nitrogens with zero attached hydrogens (tertiary/aromatic N) is 1. The Bertz CT molecular complexity index is 252. The van der Waals surface area contributed by atoms with Gasteiger partial charge in [0, 0.05) is 12.5 Å². The summed E-state index contributed by atoms with van der Waals surface area (Å²) in [4.78, 5) is 23.8. The zero-order chi connectivity index (χ0) is 9.42. The van der Waals surface area contributed by atoms with Crippen LogP contribution in [-0.4, -0.2) is 29.3 Å². The number of likely N-dealkylation sites (tertiary alicyclic amines) is 1. The Morgan fingerprint density at radius 1 is 1.54 bits per heavy atom. The van der Waals surface area contributed by atoms with Gasteiger partial charge in [-0.05, 0) is 18.8 Å². The average Bonchev–Trinajstić information content (AvgIpc) is 2.55. The van der Waals surface area contributed by atoms with Gasteiger partial charge in [-0.25, -0.2) is 0 Å². The first-order chi connectivity index (χ1) is 6.18. The van der Waals surface area contributed by atoms with E-state index in [1.807, 2.05) is 0 Å². The van der Waals surface area contributed by atoms with E-state index in [9.17, 15) is 9.59 Å². The molecule has 2 aliphatic rings. The SMILES string of the molecule is NC(=O)CN1C(=O)CC2CCCC21. The Morgan fingerprint density at radius 3 is 3.00 bits per heavy atom. The zero-order valence-electron chi connectivity index (χ0n) is 7.53. The smallest absolute Gasteiger partial charge is 0.237 e. The molecular weight excluding hydrogens is 168 g/mol. The van der Waals surface area contributed by atoms with Crippen molar-refractivity contribution < 1.29 is 9.59 Å². The van der Waals surface area contributed by atoms with E-state index in [2.05, 4.69) is 0 Å². The quantitative estimate of drug-likeness (QED) is 0.646.